The molecule has 0 saturated heterocycles. The molecule has 2 unspecified atom stereocenters. The maximum Gasteiger partial charge on any atom is 0.294 e. The minimum atomic E-state index is -4.41. The molecule has 0 amide bonds. The number of halogens is 4. The van der Waals surface area contributed by atoms with Crippen molar-refractivity contribution in [1.82, 2.24) is 19.6 Å². The van der Waals surface area contributed by atoms with E-state index in [0.717, 1.165) is 39.9 Å². The predicted molar refractivity (Wildman–Crippen MR) is 206 cm³/mol. The Labute approximate surface area is 326 Å². The van der Waals surface area contributed by atoms with Crippen LogP contribution in [0.5, 0.6) is 0 Å². The minimum absolute atomic E-state index is 0.204. The second kappa shape index (κ2) is 14.2. The van der Waals surface area contributed by atoms with Gasteiger partial charge < -0.3 is 10.2 Å². The highest BCUT2D eigenvalue weighted by atomic mass is 35.5. The Balaban J connectivity index is 0.987. The summed E-state index contributed by atoms with van der Waals surface area (Å²) in [5, 5.41) is 34.5. The van der Waals surface area contributed by atoms with Crippen molar-refractivity contribution in [2.75, 3.05) is 0 Å². The first-order valence-corrected chi connectivity index (χ1v) is 20.0. The zero-order valence-corrected chi connectivity index (χ0v) is 31.8. The lowest BCUT2D eigenvalue weighted by atomic mass is 10.00. The van der Waals surface area contributed by atoms with Crippen LogP contribution in [0.4, 0.5) is 0 Å². The van der Waals surface area contributed by atoms with Gasteiger partial charge in [-0.3, -0.25) is 4.55 Å². The van der Waals surface area contributed by atoms with Crippen LogP contribution in [0.1, 0.15) is 78.0 Å². The Hall–Kier alpha value is -3.71. The quantitative estimate of drug-likeness (QED) is 0.0876. The normalized spacial score (nSPS) is 14.2. The first-order valence-electron chi connectivity index (χ1n) is 17.1. The summed E-state index contributed by atoms with van der Waals surface area (Å²) in [7, 11) is -4.41. The molecule has 2 aliphatic rings. The highest BCUT2D eigenvalue weighted by Gasteiger charge is 2.33. The second-order valence-corrected chi connectivity index (χ2v) is 16.5. The molecule has 2 atom stereocenters. The summed E-state index contributed by atoms with van der Waals surface area (Å²) >= 11 is 25.6. The van der Waals surface area contributed by atoms with Crippen LogP contribution in [-0.4, -0.2) is 42.7 Å². The summed E-state index contributed by atoms with van der Waals surface area (Å²) in [6, 6.07) is 22.9. The number of benzene rings is 4. The molecule has 6 aromatic rings. The Bertz CT molecular complexity index is 2530. The number of hydrogen-bond acceptors (Lipinski definition) is 6. The molecule has 2 heterocycles. The molecular formula is C39H32Cl4N4O5S. The predicted octanol–water partition coefficient (Wildman–Crippen LogP) is 9.78. The molecule has 0 radical (unpaired) electrons. The maximum atomic E-state index is 11.9. The van der Waals surface area contributed by atoms with Crippen LogP contribution in [0.3, 0.4) is 0 Å². The molecular weight excluding hydrogens is 778 g/mol. The molecule has 4 aromatic carbocycles. The summed E-state index contributed by atoms with van der Waals surface area (Å²) < 4.78 is 36.9. The molecule has 0 bridgehead atoms. The lowest BCUT2D eigenvalue weighted by Crippen LogP contribution is -2.06. The highest BCUT2D eigenvalue weighted by Crippen LogP contribution is 2.45. The van der Waals surface area contributed by atoms with Gasteiger partial charge in [0.15, 0.2) is 0 Å². The van der Waals surface area contributed by atoms with Gasteiger partial charge >= 0.3 is 0 Å². The van der Waals surface area contributed by atoms with E-state index in [2.05, 4.69) is 12.1 Å². The number of rotatable bonds is 11. The van der Waals surface area contributed by atoms with Crippen LogP contribution < -0.4 is 0 Å². The first-order chi connectivity index (χ1) is 25.4. The van der Waals surface area contributed by atoms with Gasteiger partial charge in [-0.25, -0.2) is 9.36 Å². The molecule has 53 heavy (non-hydrogen) atoms. The Morgan fingerprint density at radius 3 is 1.68 bits per heavy atom. The molecule has 0 fully saturated rings. The third-order valence-corrected chi connectivity index (χ3v) is 12.0. The minimum Gasteiger partial charge on any atom is -0.387 e. The van der Waals surface area contributed by atoms with Crippen molar-refractivity contribution in [1.29, 1.82) is 0 Å². The van der Waals surface area contributed by atoms with Gasteiger partial charge in [-0.05, 0) is 72.5 Å². The summed E-state index contributed by atoms with van der Waals surface area (Å²) in [5.41, 5.74) is 9.33. The number of hydrogen-bond donors (Lipinski definition) is 3. The van der Waals surface area contributed by atoms with Gasteiger partial charge in [0.25, 0.3) is 10.1 Å². The van der Waals surface area contributed by atoms with Crippen molar-refractivity contribution < 1.29 is 23.2 Å². The third kappa shape index (κ3) is 6.70. The van der Waals surface area contributed by atoms with E-state index in [1.165, 1.54) is 12.1 Å². The van der Waals surface area contributed by atoms with Crippen molar-refractivity contribution in [2.45, 2.75) is 62.0 Å². The lowest BCUT2D eigenvalue weighted by Gasteiger charge is -2.13. The van der Waals surface area contributed by atoms with E-state index in [1.54, 1.807) is 41.1 Å². The van der Waals surface area contributed by atoms with Crippen LogP contribution in [0.15, 0.2) is 83.8 Å². The Morgan fingerprint density at radius 2 is 1.15 bits per heavy atom. The third-order valence-electron chi connectivity index (χ3n) is 10.0. The lowest BCUT2D eigenvalue weighted by molar-refractivity contribution is 0.148. The van der Waals surface area contributed by atoms with Gasteiger partial charge in [0, 0.05) is 45.1 Å². The van der Waals surface area contributed by atoms with E-state index in [9.17, 15) is 23.2 Å². The molecule has 3 N–H and O–H groups in total. The van der Waals surface area contributed by atoms with Gasteiger partial charge in [0.2, 0.25) is 0 Å². The molecule has 272 valence electrons. The molecule has 0 spiro atoms. The summed E-state index contributed by atoms with van der Waals surface area (Å²) in [6.45, 7) is 0. The van der Waals surface area contributed by atoms with Crippen LogP contribution in [0, 0.1) is 0 Å². The van der Waals surface area contributed by atoms with E-state index >= 15 is 0 Å². The number of aromatic nitrogens is 4. The molecule has 2 aliphatic carbocycles. The maximum absolute atomic E-state index is 11.9. The monoisotopic (exact) mass is 808 g/mol. The number of fused-ring (bicyclic) bond motifs is 6. The molecule has 0 aliphatic heterocycles. The van der Waals surface area contributed by atoms with Crippen molar-refractivity contribution in [2.24, 2.45) is 0 Å². The van der Waals surface area contributed by atoms with Crippen molar-refractivity contribution >= 4 is 56.5 Å². The number of aliphatic hydroxyl groups excluding tert-OH is 2. The van der Waals surface area contributed by atoms with Gasteiger partial charge in [-0.2, -0.15) is 18.6 Å². The molecule has 8 rings (SSSR count). The SMILES string of the molecule is O=S(=O)(O)c1ccc2c(c1)Cc1c(C(O)CCCCCC(O)c3nn(-c4ccc(Cl)cc4Cl)c4c3Cc3ccccc3-4)nn(-c3ccc(Cl)cc3Cl)c1-2. The fourth-order valence-corrected chi connectivity index (χ4v) is 9.05. The fourth-order valence-electron chi connectivity index (χ4n) is 7.55. The van der Waals surface area contributed by atoms with Gasteiger partial charge in [-0.15, -0.1) is 0 Å². The summed E-state index contributed by atoms with van der Waals surface area (Å²) in [6.07, 6.45) is 2.25. The standard InChI is InChI=1S/C39H32Cl4N4O5S/c40-23-10-14-32(30(42)19-23)46-38-26-7-5-4-6-21(26)17-28(38)36(44-46)34(48)8-2-1-3-9-35(49)37-29-18-22-16-25(53(50,51)52)12-13-27(22)39(29)47(45-37)33-15-11-24(41)20-31(33)43/h4-7,10-16,19-20,34-35,48-49H,1-3,8-9,17-18H2,(H,50,51,52). The van der Waals surface area contributed by atoms with Gasteiger partial charge in [-0.1, -0.05) is 96.0 Å². The Morgan fingerprint density at radius 1 is 0.642 bits per heavy atom. The number of nitrogens with zero attached hydrogens (tertiary/aromatic N) is 4. The van der Waals surface area contributed by atoms with E-state index in [1.807, 2.05) is 22.9 Å². The van der Waals surface area contributed by atoms with Crippen molar-refractivity contribution in [3.05, 3.63) is 133 Å². The molecule has 9 nitrogen and oxygen atoms in total. The van der Waals surface area contributed by atoms with Crippen LogP contribution >= 0.6 is 46.4 Å². The second-order valence-electron chi connectivity index (χ2n) is 13.4. The largest absolute Gasteiger partial charge is 0.387 e. The molecule has 2 aromatic heterocycles. The van der Waals surface area contributed by atoms with E-state index < -0.39 is 22.3 Å². The van der Waals surface area contributed by atoms with Crippen LogP contribution in [0.2, 0.25) is 20.1 Å². The van der Waals surface area contributed by atoms with Crippen molar-refractivity contribution in [3.63, 3.8) is 0 Å². The van der Waals surface area contributed by atoms with Crippen LogP contribution in [-0.2, 0) is 23.0 Å². The van der Waals surface area contributed by atoms with E-state index in [-0.39, 0.29) is 4.90 Å². The van der Waals surface area contributed by atoms with E-state index in [4.69, 9.17) is 56.6 Å². The average Bonchev–Trinajstić information content (AvgIpc) is 3.86. The molecule has 0 saturated carbocycles. The Kier molecular flexibility index (Phi) is 9.70. The van der Waals surface area contributed by atoms with Crippen LogP contribution in [0.25, 0.3) is 33.9 Å². The molecule has 14 heteroatoms. The smallest absolute Gasteiger partial charge is 0.294 e. The van der Waals surface area contributed by atoms with Crippen molar-refractivity contribution in [3.8, 4) is 33.9 Å². The fraction of sp³-hybridized carbons (Fsp3) is 0.231. The first kappa shape index (κ1) is 36.3. The summed E-state index contributed by atoms with van der Waals surface area (Å²) in [5.74, 6) is 0. The zero-order chi connectivity index (χ0) is 37.2. The zero-order valence-electron chi connectivity index (χ0n) is 28.0. The number of aliphatic hydroxyl groups is 2. The van der Waals surface area contributed by atoms with Gasteiger partial charge in [0.05, 0.1) is 61.3 Å². The average molecular weight is 811 g/mol. The van der Waals surface area contributed by atoms with Gasteiger partial charge in [0.1, 0.15) is 0 Å². The summed E-state index contributed by atoms with van der Waals surface area (Å²) in [4.78, 5) is -0.204. The van der Waals surface area contributed by atoms with E-state index in [0.29, 0.717) is 92.6 Å². The topological polar surface area (TPSA) is 130 Å². The number of unbranched alkanes of at least 4 members (excludes halogenated alkanes) is 2. The highest BCUT2D eigenvalue weighted by molar-refractivity contribution is 7.85.